The molecule has 0 radical (unpaired) electrons. The van der Waals surface area contributed by atoms with Crippen molar-refractivity contribution in [3.8, 4) is 0 Å². The minimum Gasteiger partial charge on any atom is -0.393 e. The highest BCUT2D eigenvalue weighted by atomic mass is 16.3. The average Bonchev–Trinajstić information content (AvgIpc) is 2.35. The van der Waals surface area contributed by atoms with Gasteiger partial charge in [-0.05, 0) is 69.6 Å². The Bertz CT molecular complexity index is 270. The van der Waals surface area contributed by atoms with Crippen LogP contribution in [0.2, 0.25) is 0 Å². The molecule has 2 aliphatic carbocycles. The van der Waals surface area contributed by atoms with Crippen LogP contribution in [0.5, 0.6) is 0 Å². The molecule has 0 saturated heterocycles. The number of rotatable bonds is 3. The summed E-state index contributed by atoms with van der Waals surface area (Å²) in [6.45, 7) is 0. The molecule has 2 rings (SSSR count). The first-order chi connectivity index (χ1) is 8.28. The Morgan fingerprint density at radius 1 is 0.941 bits per heavy atom. The van der Waals surface area contributed by atoms with E-state index < -0.39 is 0 Å². The van der Waals surface area contributed by atoms with E-state index in [1.807, 2.05) is 0 Å². The summed E-state index contributed by atoms with van der Waals surface area (Å²) in [4.78, 5) is 14.0. The molecule has 0 heterocycles. The molecule has 0 spiro atoms. The molecule has 0 atom stereocenters. The monoisotopic (exact) mass is 237 g/mol. The lowest BCUT2D eigenvalue weighted by molar-refractivity contribution is 0.0981. The smallest absolute Gasteiger partial charge is 0.235 e. The van der Waals surface area contributed by atoms with Gasteiger partial charge in [0.1, 0.15) is 0 Å². The van der Waals surface area contributed by atoms with E-state index in [0.717, 1.165) is 37.5 Å². The number of hydrogen-bond acceptors (Lipinski definition) is 3. The highest BCUT2D eigenvalue weighted by Crippen LogP contribution is 2.35. The number of hydrogen-bond donors (Lipinski definition) is 1. The first-order valence-electron chi connectivity index (χ1n) is 7.03. The minimum absolute atomic E-state index is 0.0380. The van der Waals surface area contributed by atoms with Gasteiger partial charge in [-0.2, -0.15) is 0 Å². The van der Waals surface area contributed by atoms with E-state index in [4.69, 9.17) is 0 Å². The Hall–Kier alpha value is -0.660. The lowest BCUT2D eigenvalue weighted by Crippen LogP contribution is -2.23. The Morgan fingerprint density at radius 2 is 1.47 bits per heavy atom. The van der Waals surface area contributed by atoms with Crippen LogP contribution in [0.1, 0.15) is 57.8 Å². The summed E-state index contributed by atoms with van der Waals surface area (Å²) in [6.07, 6.45) is 11.9. The van der Waals surface area contributed by atoms with Crippen LogP contribution in [0.4, 0.5) is 0 Å². The molecule has 0 aromatic carbocycles. The second kappa shape index (κ2) is 6.32. The van der Waals surface area contributed by atoms with E-state index in [0.29, 0.717) is 0 Å². The zero-order chi connectivity index (χ0) is 12.1. The fraction of sp³-hybridized carbons (Fsp3) is 0.929. The van der Waals surface area contributed by atoms with Gasteiger partial charge in [0.05, 0.1) is 12.1 Å². The third-order valence-corrected chi connectivity index (χ3v) is 4.53. The zero-order valence-corrected chi connectivity index (χ0v) is 10.5. The lowest BCUT2D eigenvalue weighted by Gasteiger charge is -2.31. The number of aliphatic hydroxyl groups excluding tert-OH is 1. The molecule has 0 amide bonds. The molecule has 2 fully saturated rings. The zero-order valence-electron chi connectivity index (χ0n) is 10.5. The largest absolute Gasteiger partial charge is 0.393 e. The molecular formula is C14H23NO2. The fourth-order valence-corrected chi connectivity index (χ4v) is 3.44. The average molecular weight is 237 g/mol. The first kappa shape index (κ1) is 12.8. The van der Waals surface area contributed by atoms with Gasteiger partial charge < -0.3 is 5.11 Å². The molecule has 3 nitrogen and oxygen atoms in total. The maximum Gasteiger partial charge on any atom is 0.235 e. The quantitative estimate of drug-likeness (QED) is 0.606. The summed E-state index contributed by atoms with van der Waals surface area (Å²) in [5.41, 5.74) is 0. The van der Waals surface area contributed by atoms with Crippen LogP contribution >= 0.6 is 0 Å². The van der Waals surface area contributed by atoms with Crippen molar-refractivity contribution in [3.05, 3.63) is 0 Å². The summed E-state index contributed by atoms with van der Waals surface area (Å²) < 4.78 is 0. The molecule has 1 N–H and O–H groups in total. The molecule has 3 heteroatoms. The van der Waals surface area contributed by atoms with Crippen molar-refractivity contribution in [2.75, 3.05) is 0 Å². The Labute approximate surface area is 103 Å². The summed E-state index contributed by atoms with van der Waals surface area (Å²) in [6, 6.07) is 0.247. The molecule has 0 bridgehead atoms. The van der Waals surface area contributed by atoms with E-state index in [2.05, 4.69) is 4.99 Å². The van der Waals surface area contributed by atoms with Crippen LogP contribution in [-0.2, 0) is 4.79 Å². The van der Waals surface area contributed by atoms with Gasteiger partial charge in [0.2, 0.25) is 6.08 Å². The Kier molecular flexibility index (Phi) is 4.75. The third kappa shape index (κ3) is 3.93. The summed E-state index contributed by atoms with van der Waals surface area (Å²) >= 11 is 0. The van der Waals surface area contributed by atoms with Gasteiger partial charge in [-0.15, -0.1) is 0 Å². The fourth-order valence-electron chi connectivity index (χ4n) is 3.44. The summed E-state index contributed by atoms with van der Waals surface area (Å²) in [5.74, 6) is 1.66. The first-order valence-corrected chi connectivity index (χ1v) is 7.03. The second-order valence-corrected chi connectivity index (χ2v) is 5.81. The molecule has 0 aromatic heterocycles. The van der Waals surface area contributed by atoms with Gasteiger partial charge in [0.25, 0.3) is 0 Å². The predicted octanol–water partition coefficient (Wildman–Crippen LogP) is 2.82. The van der Waals surface area contributed by atoms with Gasteiger partial charge in [-0.1, -0.05) is 0 Å². The second-order valence-electron chi connectivity index (χ2n) is 5.81. The Morgan fingerprint density at radius 3 is 2.00 bits per heavy atom. The van der Waals surface area contributed by atoms with Crippen LogP contribution in [0, 0.1) is 11.8 Å². The highest BCUT2D eigenvalue weighted by molar-refractivity contribution is 5.33. The third-order valence-electron chi connectivity index (χ3n) is 4.53. The minimum atomic E-state index is -0.0380. The summed E-state index contributed by atoms with van der Waals surface area (Å²) in [5, 5.41) is 9.48. The van der Waals surface area contributed by atoms with E-state index in [1.54, 1.807) is 6.08 Å². The van der Waals surface area contributed by atoms with Crippen molar-refractivity contribution in [1.82, 2.24) is 0 Å². The van der Waals surface area contributed by atoms with E-state index in [9.17, 15) is 9.90 Å². The van der Waals surface area contributed by atoms with Crippen LogP contribution in [0.3, 0.4) is 0 Å². The van der Waals surface area contributed by atoms with Crippen molar-refractivity contribution in [2.24, 2.45) is 16.8 Å². The summed E-state index contributed by atoms with van der Waals surface area (Å²) in [7, 11) is 0. The number of aliphatic hydroxyl groups is 1. The normalized spacial score (nSPS) is 38.4. The van der Waals surface area contributed by atoms with Gasteiger partial charge in [-0.3, -0.25) is 0 Å². The highest BCUT2D eigenvalue weighted by Gasteiger charge is 2.26. The molecular weight excluding hydrogens is 214 g/mol. The van der Waals surface area contributed by atoms with E-state index in [-0.39, 0.29) is 12.1 Å². The van der Waals surface area contributed by atoms with Gasteiger partial charge in [0, 0.05) is 0 Å². The molecule has 0 unspecified atom stereocenters. The molecule has 0 aliphatic heterocycles. The van der Waals surface area contributed by atoms with Gasteiger partial charge >= 0.3 is 0 Å². The topological polar surface area (TPSA) is 49.7 Å². The maximum absolute atomic E-state index is 10.2. The van der Waals surface area contributed by atoms with Crippen molar-refractivity contribution in [2.45, 2.75) is 69.9 Å². The van der Waals surface area contributed by atoms with Crippen molar-refractivity contribution >= 4 is 6.08 Å². The SMILES string of the molecule is O=C=NC1CCC(CC2CCC(O)CC2)CC1. The number of aliphatic imine (C=N–C) groups is 1. The Balaban J connectivity index is 1.69. The van der Waals surface area contributed by atoms with Crippen molar-refractivity contribution < 1.29 is 9.90 Å². The van der Waals surface area contributed by atoms with Crippen LogP contribution in [0.25, 0.3) is 0 Å². The van der Waals surface area contributed by atoms with Crippen molar-refractivity contribution in [1.29, 1.82) is 0 Å². The molecule has 0 aromatic rings. The predicted molar refractivity (Wildman–Crippen MR) is 66.4 cm³/mol. The van der Waals surface area contributed by atoms with E-state index in [1.165, 1.54) is 32.1 Å². The van der Waals surface area contributed by atoms with Crippen LogP contribution < -0.4 is 0 Å². The number of carbonyl (C=O) groups excluding carboxylic acids is 1. The van der Waals surface area contributed by atoms with Gasteiger partial charge in [-0.25, -0.2) is 9.79 Å². The molecule has 2 saturated carbocycles. The number of nitrogens with zero attached hydrogens (tertiary/aromatic N) is 1. The maximum atomic E-state index is 10.2. The molecule has 2 aliphatic rings. The number of isocyanates is 1. The van der Waals surface area contributed by atoms with Crippen LogP contribution in [0.15, 0.2) is 4.99 Å². The standard InChI is InChI=1S/C14H23NO2/c16-10-15-13-5-1-11(2-6-13)9-12-3-7-14(17)8-4-12/h11-14,17H,1-9H2. The lowest BCUT2D eigenvalue weighted by atomic mass is 9.76. The molecule has 96 valence electrons. The van der Waals surface area contributed by atoms with E-state index >= 15 is 0 Å². The molecule has 17 heavy (non-hydrogen) atoms. The van der Waals surface area contributed by atoms with Crippen LogP contribution in [-0.4, -0.2) is 23.3 Å². The van der Waals surface area contributed by atoms with Crippen molar-refractivity contribution in [3.63, 3.8) is 0 Å². The van der Waals surface area contributed by atoms with Gasteiger partial charge in [0.15, 0.2) is 0 Å².